The normalized spacial score (nSPS) is 13.8. The van der Waals surface area contributed by atoms with Crippen molar-refractivity contribution in [3.63, 3.8) is 0 Å². The zero-order chi connectivity index (χ0) is 75.7. The van der Waals surface area contributed by atoms with Gasteiger partial charge in [0.25, 0.3) is 0 Å². The highest BCUT2D eigenvalue weighted by Crippen LogP contribution is 2.20. The van der Waals surface area contributed by atoms with E-state index in [9.17, 15) is 24.3 Å². The molecule has 0 spiro atoms. The van der Waals surface area contributed by atoms with Gasteiger partial charge in [0, 0.05) is 26.9 Å². The molecule has 0 heterocycles. The number of hydrogen-bond acceptors (Lipinski definition) is 8. The standard InChI is InChI=1S/C44H87BNO4PSi.C44H85NO4/c1-4-7-10-13-16-19-21-22-24-26-28-31-34-37-42(50-44(48)39-36-33-30-25-18-15-12-9-6-3)41(40-49-52(45)51)46-43(47)38-35-32-29-27-23-20-17-14-11-8-5-2;1-4-7-10-13-16-19-21-22-24-26-28-31-34-37-42(49-44(48)39-36-33-30-25-18-15-12-9-6-3)41(40-46)45-43(47)38-35-32-29-27-23-20-17-14-11-8-5-2/h34,37,41-42,52H,4-33,35-36,38-40,51H2,1-3H3,(H,46,47);34,37,41-42,46H,4-33,35-36,38-40H2,1-3H3,(H,45,47)/b2*37-34+/t41-,42+,52?;41-,42+/m00/s1/i51T,52D;/t41-,42+,51?,52?;. The SMILES string of the molecule is CCCCCCCCCCCCC/C=C/[C@@H](OC(=O)CCCCCCCCCCC)[C@H](CO)NC(=O)CCCCCCCCCCCCC.[2H][Si]([B])(OC[C@H](NC(=O)CCCCCCCCCCCCC)[C@@H](/C=C/CCCCCCCCCCCCC)OC(=O)CCCCCCCCCCC)P[3H]. The summed E-state index contributed by atoms with van der Waals surface area (Å²) in [4.78, 5) is 52.0. The third-order valence-corrected chi connectivity index (χ3v) is 21.1. The van der Waals surface area contributed by atoms with Crippen LogP contribution in [0.4, 0.5) is 0 Å². The Morgan fingerprint density at radius 3 is 0.832 bits per heavy atom. The van der Waals surface area contributed by atoms with Gasteiger partial charge in [-0.3, -0.25) is 19.2 Å². The minimum atomic E-state index is -3.42. The molecule has 0 aromatic rings. The summed E-state index contributed by atoms with van der Waals surface area (Å²) < 4.78 is 33.7. The number of esters is 2. The van der Waals surface area contributed by atoms with Gasteiger partial charge in [-0.1, -0.05) is 413 Å². The molecule has 0 bridgehead atoms. The summed E-state index contributed by atoms with van der Waals surface area (Å²) >= 11 is 0. The van der Waals surface area contributed by atoms with Crippen molar-refractivity contribution in [1.29, 1.82) is 2.51 Å². The number of aliphatic hydroxyl groups is 1. The number of rotatable bonds is 81. The quantitative estimate of drug-likeness (QED) is 0.0180. The summed E-state index contributed by atoms with van der Waals surface area (Å²) in [6.45, 7) is 13.2. The van der Waals surface area contributed by atoms with E-state index in [1.807, 2.05) is 12.2 Å². The van der Waals surface area contributed by atoms with Crippen LogP contribution in [0.5, 0.6) is 0 Å². The van der Waals surface area contributed by atoms with Crippen LogP contribution in [0.1, 0.15) is 478 Å². The topological polar surface area (TPSA) is 140 Å². The van der Waals surface area contributed by atoms with E-state index in [2.05, 4.69) is 64.3 Å². The Morgan fingerprint density at radius 1 is 0.366 bits per heavy atom. The number of unbranched alkanes of at least 4 members (excludes halogenated alkanes) is 58. The Bertz CT molecular complexity index is 1860. The first-order valence-electron chi connectivity index (χ1n) is 45.4. The molecule has 6 atom stereocenters. The molecule has 0 fully saturated rings. The third kappa shape index (κ3) is 78.9. The van der Waals surface area contributed by atoms with Crippen LogP contribution in [-0.4, -0.2) is 84.8 Å². The minimum absolute atomic E-state index is 0.0408. The van der Waals surface area contributed by atoms with Gasteiger partial charge in [-0.2, -0.15) is 0 Å². The molecule has 13 heteroatoms. The second-order valence-corrected chi connectivity index (χ2v) is 32.8. The molecular formula is C88H172BN2O8PSi. The summed E-state index contributed by atoms with van der Waals surface area (Å²) in [5, 5.41) is 16.3. The van der Waals surface area contributed by atoms with Crippen LogP contribution in [0.2, 0.25) is 0 Å². The van der Waals surface area contributed by atoms with Gasteiger partial charge in [-0.15, -0.1) is 8.73 Å². The number of amides is 2. The van der Waals surface area contributed by atoms with Crippen LogP contribution >= 0.6 is 8.73 Å². The van der Waals surface area contributed by atoms with Crippen molar-refractivity contribution >= 4 is 48.4 Å². The van der Waals surface area contributed by atoms with Crippen molar-refractivity contribution in [1.82, 2.24) is 10.6 Å². The molecule has 0 aliphatic heterocycles. The summed E-state index contributed by atoms with van der Waals surface area (Å²) in [5.41, 5.74) is 0. The second kappa shape index (κ2) is 85.2. The van der Waals surface area contributed by atoms with Crippen molar-refractivity contribution in [3.05, 3.63) is 24.3 Å². The molecule has 3 N–H and O–H groups in total. The number of ether oxygens (including phenoxy) is 2. The number of aliphatic hydroxyl groups excluding tert-OH is 1. The van der Waals surface area contributed by atoms with E-state index in [-0.39, 0.29) is 37.0 Å². The van der Waals surface area contributed by atoms with Crippen molar-refractivity contribution in [2.24, 2.45) is 0 Å². The highest BCUT2D eigenvalue weighted by molar-refractivity contribution is 7.70. The molecule has 2 amide bonds. The molecule has 2 unspecified atom stereocenters. The summed E-state index contributed by atoms with van der Waals surface area (Å²) in [7, 11) is 2.03. The predicted octanol–water partition coefficient (Wildman–Crippen LogP) is 26.3. The number of hydrogen-bond donors (Lipinski definition) is 3. The van der Waals surface area contributed by atoms with Gasteiger partial charge in [0.15, 0.2) is 0 Å². The Hall–Kier alpha value is -2.01. The zero-order valence-electron chi connectivity index (χ0n) is 70.0. The van der Waals surface area contributed by atoms with Gasteiger partial charge in [0.05, 0.1) is 34.0 Å². The van der Waals surface area contributed by atoms with E-state index in [4.69, 9.17) is 23.9 Å². The lowest BCUT2D eigenvalue weighted by Crippen LogP contribution is -2.48. The molecule has 2 radical (unpaired) electrons. The van der Waals surface area contributed by atoms with E-state index >= 15 is 0 Å². The Balaban J connectivity index is 0. The van der Waals surface area contributed by atoms with Crippen LogP contribution in [0.15, 0.2) is 24.3 Å². The van der Waals surface area contributed by atoms with E-state index in [0.717, 1.165) is 96.3 Å². The highest BCUT2D eigenvalue weighted by Gasteiger charge is 2.27. The molecule has 0 saturated heterocycles. The van der Waals surface area contributed by atoms with E-state index in [1.165, 1.54) is 315 Å². The van der Waals surface area contributed by atoms with Gasteiger partial charge >= 0.3 is 11.9 Å². The van der Waals surface area contributed by atoms with E-state index in [0.29, 0.717) is 25.7 Å². The monoisotopic (exact) mass is 1460 g/mol. The molecule has 10 nitrogen and oxygen atoms in total. The minimum Gasteiger partial charge on any atom is -0.456 e. The lowest BCUT2D eigenvalue weighted by Gasteiger charge is -2.27. The van der Waals surface area contributed by atoms with Crippen LogP contribution in [0.3, 0.4) is 0 Å². The molecule has 0 aromatic heterocycles. The fourth-order valence-corrected chi connectivity index (χ4v) is 14.1. The van der Waals surface area contributed by atoms with E-state index in [1.54, 1.807) is 0 Å². The van der Waals surface area contributed by atoms with Gasteiger partial charge in [-0.05, 0) is 63.5 Å². The third-order valence-electron chi connectivity index (χ3n) is 20.2. The Kier molecular flexibility index (Phi) is 81.9. The smallest absolute Gasteiger partial charge is 0.306 e. The molecule has 0 saturated carbocycles. The fourth-order valence-electron chi connectivity index (χ4n) is 13.5. The number of allylic oxidation sites excluding steroid dienone is 2. The summed E-state index contributed by atoms with van der Waals surface area (Å²) in [5.74, 6) is -0.656. The fraction of sp³-hybridized carbons (Fsp3) is 0.909. The molecule has 0 aliphatic rings. The molecule has 0 rings (SSSR count). The van der Waals surface area contributed by atoms with Crippen molar-refractivity contribution < 1.29 is 38.2 Å². The Morgan fingerprint density at radius 2 is 0.584 bits per heavy atom. The van der Waals surface area contributed by atoms with Crippen molar-refractivity contribution in [3.8, 4) is 0 Å². The van der Waals surface area contributed by atoms with Gasteiger partial charge in [0.1, 0.15) is 20.7 Å². The van der Waals surface area contributed by atoms with Crippen LogP contribution in [0.25, 0.3) is 0 Å². The molecular weight excluding hydrogens is 1280 g/mol. The number of nitrogens with one attached hydrogen (secondary N) is 2. The largest absolute Gasteiger partial charge is 0.456 e. The first-order valence-corrected chi connectivity index (χ1v) is 47.4. The van der Waals surface area contributed by atoms with Gasteiger partial charge in [-0.25, -0.2) is 0 Å². The van der Waals surface area contributed by atoms with Crippen molar-refractivity contribution in [2.75, 3.05) is 13.2 Å². The average Bonchev–Trinajstić information content (AvgIpc) is 0.894. The Labute approximate surface area is 636 Å². The van der Waals surface area contributed by atoms with Crippen molar-refractivity contribution in [2.45, 2.75) is 502 Å². The molecule has 594 valence electrons. The number of carbonyl (C=O) groups is 4. The van der Waals surface area contributed by atoms with Crippen LogP contribution < -0.4 is 10.6 Å². The van der Waals surface area contributed by atoms with Crippen LogP contribution in [0, 0.1) is 0 Å². The van der Waals surface area contributed by atoms with Gasteiger partial charge < -0.3 is 29.6 Å². The average molecular weight is 1460 g/mol. The zero-order valence-corrected chi connectivity index (χ0v) is 70.0. The first kappa shape index (κ1) is 97.0. The lowest BCUT2D eigenvalue weighted by atomic mass is 10.0. The number of carbonyl (C=O) groups excluding carboxylic acids is 4. The lowest BCUT2D eigenvalue weighted by molar-refractivity contribution is -0.150. The highest BCUT2D eigenvalue weighted by atomic mass is 31.3. The molecule has 0 aromatic carbocycles. The molecule has 0 aliphatic carbocycles. The van der Waals surface area contributed by atoms with Gasteiger partial charge in [0.2, 0.25) is 11.8 Å². The maximum atomic E-state index is 13.2. The first-order chi connectivity index (χ1) is 50.4. The second-order valence-electron chi connectivity index (χ2n) is 30.3. The summed E-state index contributed by atoms with van der Waals surface area (Å²) in [6.07, 6.45) is 87.2. The maximum Gasteiger partial charge on any atom is 0.306 e. The van der Waals surface area contributed by atoms with Crippen LogP contribution in [-0.2, 0) is 33.1 Å². The molecule has 101 heavy (non-hydrogen) atoms. The summed E-state index contributed by atoms with van der Waals surface area (Å²) in [6, 6.07) is -1.26. The predicted molar refractivity (Wildman–Crippen MR) is 446 cm³/mol. The van der Waals surface area contributed by atoms with E-state index < -0.39 is 41.5 Å². The maximum absolute atomic E-state index is 13.2.